The lowest BCUT2D eigenvalue weighted by Gasteiger charge is -2.14. The Bertz CT molecular complexity index is 1040. The number of aliphatic imine (C=N–C) groups is 1. The monoisotopic (exact) mass is 413 g/mol. The van der Waals surface area contributed by atoms with Gasteiger partial charge in [0.2, 0.25) is 0 Å². The van der Waals surface area contributed by atoms with Gasteiger partial charge in [0.05, 0.1) is 21.2 Å². The van der Waals surface area contributed by atoms with Gasteiger partial charge in [-0.2, -0.15) is 0 Å². The second-order valence-corrected chi connectivity index (χ2v) is 6.41. The molecule has 0 saturated heterocycles. The third kappa shape index (κ3) is 4.26. The Kier molecular flexibility index (Phi) is 5.17. The van der Waals surface area contributed by atoms with Crippen LogP contribution in [0.4, 0.5) is 30.4 Å². The SMILES string of the molecule is C=Nc1ccc(Cl)c2nc(Nc3ccc(OC(F)(F)F)c(Cl)c3)c(C)cc12. The number of rotatable bonds is 4. The number of halogens is 5. The normalized spacial score (nSPS) is 11.5. The fraction of sp³-hybridized carbons (Fsp3) is 0.111. The van der Waals surface area contributed by atoms with E-state index in [9.17, 15) is 13.2 Å². The van der Waals surface area contributed by atoms with Gasteiger partial charge in [-0.05, 0) is 55.6 Å². The first-order valence-electron chi connectivity index (χ1n) is 7.57. The van der Waals surface area contributed by atoms with Crippen molar-refractivity contribution in [3.63, 3.8) is 0 Å². The van der Waals surface area contributed by atoms with E-state index in [0.29, 0.717) is 27.7 Å². The Hall–Kier alpha value is -2.51. The number of fused-ring (bicyclic) bond motifs is 1. The van der Waals surface area contributed by atoms with E-state index < -0.39 is 12.1 Å². The first kappa shape index (κ1) is 19.3. The molecular formula is C18H12Cl2F3N3O. The average molecular weight is 414 g/mol. The van der Waals surface area contributed by atoms with Crippen LogP contribution < -0.4 is 10.1 Å². The highest BCUT2D eigenvalue weighted by molar-refractivity contribution is 6.35. The zero-order chi connectivity index (χ0) is 19.8. The van der Waals surface area contributed by atoms with Gasteiger partial charge in [-0.25, -0.2) is 4.98 Å². The van der Waals surface area contributed by atoms with Gasteiger partial charge in [-0.1, -0.05) is 23.2 Å². The number of aromatic nitrogens is 1. The number of nitrogens with zero attached hydrogens (tertiary/aromatic N) is 2. The number of hydrogen-bond donors (Lipinski definition) is 1. The minimum absolute atomic E-state index is 0.188. The van der Waals surface area contributed by atoms with Crippen LogP contribution in [0.15, 0.2) is 41.4 Å². The molecule has 0 amide bonds. The van der Waals surface area contributed by atoms with Crippen LogP contribution >= 0.6 is 23.2 Å². The zero-order valence-electron chi connectivity index (χ0n) is 13.9. The largest absolute Gasteiger partial charge is 0.573 e. The lowest BCUT2D eigenvalue weighted by Crippen LogP contribution is -2.17. The maximum absolute atomic E-state index is 12.3. The molecule has 0 spiro atoms. The van der Waals surface area contributed by atoms with E-state index >= 15 is 0 Å². The van der Waals surface area contributed by atoms with E-state index in [1.165, 1.54) is 12.1 Å². The number of hydrogen-bond acceptors (Lipinski definition) is 4. The fourth-order valence-electron chi connectivity index (χ4n) is 2.50. The van der Waals surface area contributed by atoms with Gasteiger partial charge in [0.1, 0.15) is 11.6 Å². The summed E-state index contributed by atoms with van der Waals surface area (Å²) in [6.07, 6.45) is -4.82. The van der Waals surface area contributed by atoms with E-state index in [1.807, 2.05) is 13.0 Å². The van der Waals surface area contributed by atoms with Crippen LogP contribution in [0.3, 0.4) is 0 Å². The smallest absolute Gasteiger partial charge is 0.404 e. The van der Waals surface area contributed by atoms with E-state index in [4.69, 9.17) is 23.2 Å². The minimum Gasteiger partial charge on any atom is -0.404 e. The molecule has 1 heterocycles. The quantitative estimate of drug-likeness (QED) is 0.477. The Morgan fingerprint density at radius 2 is 1.85 bits per heavy atom. The first-order valence-corrected chi connectivity index (χ1v) is 8.32. The molecular weight excluding hydrogens is 402 g/mol. The molecule has 3 rings (SSSR count). The summed E-state index contributed by atoms with van der Waals surface area (Å²) in [4.78, 5) is 8.46. The molecule has 3 aromatic rings. The van der Waals surface area contributed by atoms with Gasteiger partial charge in [0.15, 0.2) is 0 Å². The molecule has 140 valence electrons. The van der Waals surface area contributed by atoms with E-state index in [2.05, 4.69) is 26.7 Å². The Morgan fingerprint density at radius 3 is 2.48 bits per heavy atom. The number of anilines is 2. The van der Waals surface area contributed by atoms with Crippen molar-refractivity contribution in [2.75, 3.05) is 5.32 Å². The molecule has 0 aliphatic rings. The fourth-order valence-corrected chi connectivity index (χ4v) is 2.92. The van der Waals surface area contributed by atoms with Crippen molar-refractivity contribution in [3.8, 4) is 5.75 Å². The third-order valence-corrected chi connectivity index (χ3v) is 4.29. The van der Waals surface area contributed by atoms with Crippen molar-refractivity contribution in [3.05, 3.63) is 52.0 Å². The first-order chi connectivity index (χ1) is 12.7. The van der Waals surface area contributed by atoms with Crippen molar-refractivity contribution in [2.45, 2.75) is 13.3 Å². The lowest BCUT2D eigenvalue weighted by atomic mass is 10.1. The highest BCUT2D eigenvalue weighted by Gasteiger charge is 2.32. The molecule has 27 heavy (non-hydrogen) atoms. The Balaban J connectivity index is 1.97. The molecule has 0 aliphatic carbocycles. The predicted octanol–water partition coefficient (Wildman–Crippen LogP) is 6.82. The molecule has 9 heteroatoms. The second-order valence-electron chi connectivity index (χ2n) is 5.59. The highest BCUT2D eigenvalue weighted by atomic mass is 35.5. The standard InChI is InChI=1S/C18H12Cl2F3N3O/c1-9-7-11-14(24-2)5-4-12(19)16(11)26-17(9)25-10-3-6-15(13(20)8-10)27-18(21,22)23/h3-8H,2H2,1H3,(H,25,26). The molecule has 1 N–H and O–H groups in total. The molecule has 2 aromatic carbocycles. The zero-order valence-corrected chi connectivity index (χ0v) is 15.4. The molecule has 0 radical (unpaired) electrons. The van der Waals surface area contributed by atoms with E-state index in [-0.39, 0.29) is 5.02 Å². The predicted molar refractivity (Wildman–Crippen MR) is 102 cm³/mol. The number of ether oxygens (including phenoxy) is 1. The van der Waals surface area contributed by atoms with Crippen molar-refractivity contribution >= 4 is 58.0 Å². The van der Waals surface area contributed by atoms with Crippen molar-refractivity contribution in [2.24, 2.45) is 4.99 Å². The maximum atomic E-state index is 12.3. The molecule has 4 nitrogen and oxygen atoms in total. The summed E-state index contributed by atoms with van der Waals surface area (Å²) >= 11 is 12.1. The van der Waals surface area contributed by atoms with E-state index in [1.54, 1.807) is 12.1 Å². The van der Waals surface area contributed by atoms with Gasteiger partial charge in [0.25, 0.3) is 0 Å². The number of alkyl halides is 3. The summed E-state index contributed by atoms with van der Waals surface area (Å²) in [6.45, 7) is 5.36. The molecule has 0 fully saturated rings. The minimum atomic E-state index is -4.82. The Morgan fingerprint density at radius 1 is 1.11 bits per heavy atom. The molecule has 0 atom stereocenters. The van der Waals surface area contributed by atoms with E-state index in [0.717, 1.165) is 17.0 Å². The summed E-state index contributed by atoms with van der Waals surface area (Å²) in [7, 11) is 0. The number of benzene rings is 2. The molecule has 0 bridgehead atoms. The number of pyridine rings is 1. The van der Waals surface area contributed by atoms with Crippen LogP contribution in [0.5, 0.6) is 5.75 Å². The lowest BCUT2D eigenvalue weighted by molar-refractivity contribution is -0.274. The van der Waals surface area contributed by atoms with Crippen LogP contribution in [-0.2, 0) is 0 Å². The van der Waals surface area contributed by atoms with Gasteiger partial charge in [-0.3, -0.25) is 4.99 Å². The van der Waals surface area contributed by atoms with Crippen molar-refractivity contribution in [1.29, 1.82) is 0 Å². The summed E-state index contributed by atoms with van der Waals surface area (Å²) in [5, 5.41) is 4.02. The molecule has 0 saturated carbocycles. The van der Waals surface area contributed by atoms with Crippen LogP contribution in [0, 0.1) is 6.92 Å². The molecule has 1 aromatic heterocycles. The van der Waals surface area contributed by atoms with Crippen LogP contribution in [0.2, 0.25) is 10.0 Å². The summed E-state index contributed by atoms with van der Waals surface area (Å²) in [5.41, 5.74) is 2.39. The topological polar surface area (TPSA) is 46.5 Å². The van der Waals surface area contributed by atoms with Crippen LogP contribution in [0.1, 0.15) is 5.56 Å². The maximum Gasteiger partial charge on any atom is 0.573 e. The molecule has 0 unspecified atom stereocenters. The van der Waals surface area contributed by atoms with Crippen molar-refractivity contribution in [1.82, 2.24) is 4.98 Å². The average Bonchev–Trinajstić information content (AvgIpc) is 2.58. The van der Waals surface area contributed by atoms with Gasteiger partial charge < -0.3 is 10.1 Å². The Labute approximate surface area is 162 Å². The van der Waals surface area contributed by atoms with Gasteiger partial charge in [0, 0.05) is 11.1 Å². The molecule has 0 aliphatic heterocycles. The van der Waals surface area contributed by atoms with Crippen molar-refractivity contribution < 1.29 is 17.9 Å². The second kappa shape index (κ2) is 7.25. The summed E-state index contributed by atoms with van der Waals surface area (Å²) in [5.74, 6) is -0.00572. The highest BCUT2D eigenvalue weighted by Crippen LogP contribution is 2.35. The third-order valence-electron chi connectivity index (χ3n) is 3.69. The van der Waals surface area contributed by atoms with Gasteiger partial charge >= 0.3 is 6.36 Å². The van der Waals surface area contributed by atoms with Crippen LogP contribution in [0.25, 0.3) is 10.9 Å². The summed E-state index contributed by atoms with van der Waals surface area (Å²) < 4.78 is 40.9. The number of nitrogens with one attached hydrogen (secondary N) is 1. The number of aryl methyl sites for hydroxylation is 1. The summed E-state index contributed by atoms with van der Waals surface area (Å²) in [6, 6.07) is 9.11. The van der Waals surface area contributed by atoms with Gasteiger partial charge in [-0.15, -0.1) is 13.2 Å². The van der Waals surface area contributed by atoms with Crippen LogP contribution in [-0.4, -0.2) is 18.1 Å².